The van der Waals surface area contributed by atoms with Crippen LogP contribution in [0.1, 0.15) is 13.3 Å². The van der Waals surface area contributed by atoms with Crippen LogP contribution in [0.25, 0.3) is 0 Å². The minimum absolute atomic E-state index is 0.0426. The molecule has 96 valence electrons. The summed E-state index contributed by atoms with van der Waals surface area (Å²) >= 11 is 3.47. The summed E-state index contributed by atoms with van der Waals surface area (Å²) in [5.41, 5.74) is 0. The Labute approximate surface area is 116 Å². The highest BCUT2D eigenvalue weighted by molar-refractivity contribution is 9.10. The summed E-state index contributed by atoms with van der Waals surface area (Å²) in [6.45, 7) is 5.66. The molecule has 2 heterocycles. The van der Waals surface area contributed by atoms with Crippen LogP contribution in [0.4, 0.5) is 5.82 Å². The molecule has 6 heteroatoms. The molecule has 0 amide bonds. The maximum atomic E-state index is 9.07. The SMILES string of the molecule is CCC(C#N)N1CCN(c2ncncc2Br)CC1. The summed E-state index contributed by atoms with van der Waals surface area (Å²) in [5, 5.41) is 9.07. The zero-order valence-electron chi connectivity index (χ0n) is 10.4. The monoisotopic (exact) mass is 309 g/mol. The lowest BCUT2D eigenvalue weighted by atomic mass is 10.2. The van der Waals surface area contributed by atoms with Gasteiger partial charge in [-0.2, -0.15) is 5.26 Å². The Morgan fingerprint density at radius 1 is 1.44 bits per heavy atom. The molecule has 0 spiro atoms. The summed E-state index contributed by atoms with van der Waals surface area (Å²) in [6, 6.07) is 2.40. The molecule has 1 aliphatic heterocycles. The van der Waals surface area contributed by atoms with Crippen molar-refractivity contribution in [1.82, 2.24) is 14.9 Å². The van der Waals surface area contributed by atoms with E-state index in [2.05, 4.69) is 48.7 Å². The van der Waals surface area contributed by atoms with Gasteiger partial charge in [-0.1, -0.05) is 6.92 Å². The predicted molar refractivity (Wildman–Crippen MR) is 73.2 cm³/mol. The highest BCUT2D eigenvalue weighted by atomic mass is 79.9. The van der Waals surface area contributed by atoms with Gasteiger partial charge in [-0.05, 0) is 22.4 Å². The summed E-state index contributed by atoms with van der Waals surface area (Å²) in [5.74, 6) is 0.939. The van der Waals surface area contributed by atoms with Crippen LogP contribution in [0, 0.1) is 11.3 Å². The summed E-state index contributed by atoms with van der Waals surface area (Å²) < 4.78 is 0.922. The van der Waals surface area contributed by atoms with Crippen molar-refractivity contribution in [3.8, 4) is 6.07 Å². The number of nitriles is 1. The fraction of sp³-hybridized carbons (Fsp3) is 0.583. The molecule has 0 aliphatic carbocycles. The first-order chi connectivity index (χ1) is 8.76. The maximum Gasteiger partial charge on any atom is 0.146 e. The van der Waals surface area contributed by atoms with Crippen molar-refractivity contribution in [3.63, 3.8) is 0 Å². The first kappa shape index (κ1) is 13.2. The standard InChI is InChI=1S/C12H16BrN5/c1-2-10(7-14)17-3-5-18(6-4-17)12-11(13)8-15-9-16-12/h8-10H,2-6H2,1H3. The quantitative estimate of drug-likeness (QED) is 0.850. The van der Waals surface area contributed by atoms with Gasteiger partial charge in [-0.15, -0.1) is 0 Å². The lowest BCUT2D eigenvalue weighted by Gasteiger charge is -2.37. The number of halogens is 1. The number of hydrogen-bond donors (Lipinski definition) is 0. The van der Waals surface area contributed by atoms with Crippen molar-refractivity contribution in [2.24, 2.45) is 0 Å². The third kappa shape index (κ3) is 2.79. The second kappa shape index (κ2) is 6.12. The van der Waals surface area contributed by atoms with E-state index in [1.807, 2.05) is 0 Å². The van der Waals surface area contributed by atoms with Gasteiger partial charge < -0.3 is 4.90 Å². The van der Waals surface area contributed by atoms with E-state index in [0.29, 0.717) is 0 Å². The maximum absolute atomic E-state index is 9.07. The minimum Gasteiger partial charge on any atom is -0.353 e. The van der Waals surface area contributed by atoms with Gasteiger partial charge in [-0.3, -0.25) is 4.90 Å². The molecule has 1 fully saturated rings. The first-order valence-electron chi connectivity index (χ1n) is 6.10. The first-order valence-corrected chi connectivity index (χ1v) is 6.89. The van der Waals surface area contributed by atoms with E-state index in [4.69, 9.17) is 5.26 Å². The average molecular weight is 310 g/mol. The van der Waals surface area contributed by atoms with Crippen LogP contribution in [-0.4, -0.2) is 47.1 Å². The third-order valence-electron chi connectivity index (χ3n) is 3.24. The number of rotatable bonds is 3. The Hall–Kier alpha value is -1.19. The van der Waals surface area contributed by atoms with Gasteiger partial charge in [-0.25, -0.2) is 9.97 Å². The van der Waals surface area contributed by atoms with E-state index >= 15 is 0 Å². The molecular formula is C12H16BrN5. The van der Waals surface area contributed by atoms with Gasteiger partial charge in [0.1, 0.15) is 12.1 Å². The van der Waals surface area contributed by atoms with Crippen LogP contribution in [0.3, 0.4) is 0 Å². The van der Waals surface area contributed by atoms with Gasteiger partial charge in [0.15, 0.2) is 0 Å². The largest absolute Gasteiger partial charge is 0.353 e. The van der Waals surface area contributed by atoms with E-state index in [0.717, 1.165) is 42.9 Å². The van der Waals surface area contributed by atoms with Gasteiger partial charge in [0.05, 0.1) is 16.6 Å². The number of anilines is 1. The molecule has 1 aromatic rings. The fourth-order valence-electron chi connectivity index (χ4n) is 2.22. The minimum atomic E-state index is 0.0426. The lowest BCUT2D eigenvalue weighted by Crippen LogP contribution is -2.50. The molecule has 0 aromatic carbocycles. The fourth-order valence-corrected chi connectivity index (χ4v) is 2.69. The van der Waals surface area contributed by atoms with Crippen LogP contribution in [-0.2, 0) is 0 Å². The predicted octanol–water partition coefficient (Wildman–Crippen LogP) is 1.66. The molecule has 0 radical (unpaired) electrons. The van der Waals surface area contributed by atoms with E-state index in [9.17, 15) is 0 Å². The number of nitrogens with zero attached hydrogens (tertiary/aromatic N) is 5. The summed E-state index contributed by atoms with van der Waals surface area (Å²) in [6.07, 6.45) is 4.21. The Kier molecular flexibility index (Phi) is 4.50. The lowest BCUT2D eigenvalue weighted by molar-refractivity contribution is 0.216. The van der Waals surface area contributed by atoms with E-state index in [-0.39, 0.29) is 6.04 Å². The Bertz CT molecular complexity index is 436. The van der Waals surface area contributed by atoms with Crippen molar-refractivity contribution in [1.29, 1.82) is 5.26 Å². The molecule has 5 nitrogen and oxygen atoms in total. The van der Waals surface area contributed by atoms with Crippen LogP contribution in [0.5, 0.6) is 0 Å². The molecule has 0 N–H and O–H groups in total. The van der Waals surface area contributed by atoms with E-state index in [1.165, 1.54) is 0 Å². The van der Waals surface area contributed by atoms with Crippen molar-refractivity contribution < 1.29 is 0 Å². The number of piperazine rings is 1. The topological polar surface area (TPSA) is 56.1 Å². The molecule has 1 unspecified atom stereocenters. The smallest absolute Gasteiger partial charge is 0.146 e. The Morgan fingerprint density at radius 3 is 2.72 bits per heavy atom. The molecule has 1 aromatic heterocycles. The number of hydrogen-bond acceptors (Lipinski definition) is 5. The molecule has 1 aliphatic rings. The third-order valence-corrected chi connectivity index (χ3v) is 3.80. The van der Waals surface area contributed by atoms with Crippen molar-refractivity contribution in [2.45, 2.75) is 19.4 Å². The molecule has 18 heavy (non-hydrogen) atoms. The zero-order valence-corrected chi connectivity index (χ0v) is 12.0. The Balaban J connectivity index is 1.99. The highest BCUT2D eigenvalue weighted by Gasteiger charge is 2.23. The number of aromatic nitrogens is 2. The van der Waals surface area contributed by atoms with Crippen LogP contribution in [0.15, 0.2) is 17.0 Å². The Morgan fingerprint density at radius 2 is 2.17 bits per heavy atom. The van der Waals surface area contributed by atoms with Crippen LogP contribution < -0.4 is 4.90 Å². The molecular weight excluding hydrogens is 294 g/mol. The van der Waals surface area contributed by atoms with Gasteiger partial charge in [0.25, 0.3) is 0 Å². The van der Waals surface area contributed by atoms with Crippen molar-refractivity contribution in [2.75, 3.05) is 31.1 Å². The van der Waals surface area contributed by atoms with E-state index < -0.39 is 0 Å². The molecule has 1 atom stereocenters. The van der Waals surface area contributed by atoms with Crippen LogP contribution in [0.2, 0.25) is 0 Å². The molecule has 2 rings (SSSR count). The zero-order chi connectivity index (χ0) is 13.0. The van der Waals surface area contributed by atoms with Gasteiger partial charge in [0, 0.05) is 32.4 Å². The second-order valence-electron chi connectivity index (χ2n) is 4.27. The summed E-state index contributed by atoms with van der Waals surface area (Å²) in [4.78, 5) is 12.7. The van der Waals surface area contributed by atoms with Crippen molar-refractivity contribution in [3.05, 3.63) is 17.0 Å². The van der Waals surface area contributed by atoms with Crippen LogP contribution >= 0.6 is 15.9 Å². The summed E-state index contributed by atoms with van der Waals surface area (Å²) in [7, 11) is 0. The van der Waals surface area contributed by atoms with Gasteiger partial charge >= 0.3 is 0 Å². The van der Waals surface area contributed by atoms with Crippen molar-refractivity contribution >= 4 is 21.7 Å². The second-order valence-corrected chi connectivity index (χ2v) is 5.12. The highest BCUT2D eigenvalue weighted by Crippen LogP contribution is 2.23. The van der Waals surface area contributed by atoms with E-state index in [1.54, 1.807) is 12.5 Å². The average Bonchev–Trinajstić information content (AvgIpc) is 2.42. The normalized spacial score (nSPS) is 18.4. The molecule has 0 bridgehead atoms. The molecule has 1 saturated heterocycles. The molecule has 0 saturated carbocycles. The van der Waals surface area contributed by atoms with Gasteiger partial charge in [0.2, 0.25) is 0 Å².